The molecule has 0 saturated carbocycles. The highest BCUT2D eigenvalue weighted by Gasteiger charge is 2.23. The Morgan fingerprint density at radius 3 is 3.00 bits per heavy atom. The standard InChI is InChI=1S/C10H15ClN2S.ClH/c11-9-3-5-14-10(9)7-13-4-1-2-8(13)6-12;/h3,5,8H,1-2,4,6-7,12H2;1H. The number of rotatable bonds is 3. The lowest BCUT2D eigenvalue weighted by Gasteiger charge is -2.22. The lowest BCUT2D eigenvalue weighted by molar-refractivity contribution is 0.252. The second-order valence-corrected chi connectivity index (χ2v) is 5.10. The Morgan fingerprint density at radius 2 is 2.40 bits per heavy atom. The third-order valence-corrected chi connectivity index (χ3v) is 4.18. The van der Waals surface area contributed by atoms with E-state index < -0.39 is 0 Å². The van der Waals surface area contributed by atoms with Crippen molar-refractivity contribution in [1.29, 1.82) is 0 Å². The Labute approximate surface area is 106 Å². The summed E-state index contributed by atoms with van der Waals surface area (Å²) in [4.78, 5) is 3.71. The molecular formula is C10H16Cl2N2S. The van der Waals surface area contributed by atoms with E-state index in [0.29, 0.717) is 6.04 Å². The van der Waals surface area contributed by atoms with Gasteiger partial charge in [0.2, 0.25) is 0 Å². The summed E-state index contributed by atoms with van der Waals surface area (Å²) in [6, 6.07) is 2.53. The molecule has 2 heterocycles. The van der Waals surface area contributed by atoms with Crippen LogP contribution in [0.1, 0.15) is 17.7 Å². The maximum absolute atomic E-state index is 6.06. The lowest BCUT2D eigenvalue weighted by Crippen LogP contribution is -2.34. The number of hydrogen-bond donors (Lipinski definition) is 1. The summed E-state index contributed by atoms with van der Waals surface area (Å²) in [6.45, 7) is 2.90. The summed E-state index contributed by atoms with van der Waals surface area (Å²) in [5.74, 6) is 0. The molecule has 1 atom stereocenters. The first-order valence-electron chi connectivity index (χ1n) is 4.97. The number of thiophene rings is 1. The zero-order valence-corrected chi connectivity index (χ0v) is 10.9. The van der Waals surface area contributed by atoms with Gasteiger partial charge in [0.25, 0.3) is 0 Å². The highest BCUT2D eigenvalue weighted by Crippen LogP contribution is 2.26. The first-order chi connectivity index (χ1) is 6.81. The first kappa shape index (κ1) is 13.3. The van der Waals surface area contributed by atoms with Crippen LogP contribution >= 0.6 is 35.3 Å². The average molecular weight is 267 g/mol. The summed E-state index contributed by atoms with van der Waals surface area (Å²) in [6.07, 6.45) is 2.50. The van der Waals surface area contributed by atoms with E-state index in [-0.39, 0.29) is 12.4 Å². The highest BCUT2D eigenvalue weighted by molar-refractivity contribution is 7.10. The zero-order valence-electron chi connectivity index (χ0n) is 8.49. The van der Waals surface area contributed by atoms with Gasteiger partial charge < -0.3 is 5.73 Å². The molecule has 0 radical (unpaired) electrons. The maximum atomic E-state index is 6.06. The van der Waals surface area contributed by atoms with Crippen molar-refractivity contribution in [2.45, 2.75) is 25.4 Å². The number of nitrogens with zero attached hydrogens (tertiary/aromatic N) is 1. The third kappa shape index (κ3) is 3.08. The van der Waals surface area contributed by atoms with E-state index in [1.54, 1.807) is 11.3 Å². The van der Waals surface area contributed by atoms with Crippen molar-refractivity contribution in [2.24, 2.45) is 5.73 Å². The van der Waals surface area contributed by atoms with E-state index >= 15 is 0 Å². The van der Waals surface area contributed by atoms with Crippen molar-refractivity contribution in [1.82, 2.24) is 4.90 Å². The predicted molar refractivity (Wildman–Crippen MR) is 69.1 cm³/mol. The van der Waals surface area contributed by atoms with Gasteiger partial charge in [-0.1, -0.05) is 11.6 Å². The second-order valence-electron chi connectivity index (χ2n) is 3.69. The molecule has 0 aliphatic carbocycles. The predicted octanol–water partition coefficient (Wildman–Crippen LogP) is 2.75. The van der Waals surface area contributed by atoms with Crippen LogP contribution in [0.15, 0.2) is 11.4 Å². The Kier molecular flexibility index (Phi) is 5.36. The summed E-state index contributed by atoms with van der Waals surface area (Å²) in [5, 5.41) is 2.95. The van der Waals surface area contributed by atoms with E-state index in [1.807, 2.05) is 11.4 Å². The fourth-order valence-corrected chi connectivity index (χ4v) is 3.11. The monoisotopic (exact) mass is 266 g/mol. The molecule has 1 aliphatic rings. The van der Waals surface area contributed by atoms with Gasteiger partial charge in [0.15, 0.2) is 0 Å². The van der Waals surface area contributed by atoms with Crippen molar-refractivity contribution >= 4 is 35.3 Å². The third-order valence-electron chi connectivity index (χ3n) is 2.81. The number of likely N-dealkylation sites (tertiary alicyclic amines) is 1. The Balaban J connectivity index is 0.00000112. The Hall–Kier alpha value is 0.200. The number of hydrogen-bond acceptors (Lipinski definition) is 3. The number of nitrogens with two attached hydrogens (primary N) is 1. The molecular weight excluding hydrogens is 251 g/mol. The van der Waals surface area contributed by atoms with E-state index in [1.165, 1.54) is 17.7 Å². The molecule has 0 bridgehead atoms. The molecule has 5 heteroatoms. The molecule has 1 aromatic rings. The summed E-state index contributed by atoms with van der Waals surface area (Å²) >= 11 is 7.80. The van der Waals surface area contributed by atoms with Crippen LogP contribution in [0.2, 0.25) is 5.02 Å². The summed E-state index contributed by atoms with van der Waals surface area (Å²) in [7, 11) is 0. The Morgan fingerprint density at radius 1 is 1.60 bits per heavy atom. The minimum absolute atomic E-state index is 0. The molecule has 1 aromatic heterocycles. The lowest BCUT2D eigenvalue weighted by atomic mass is 10.2. The Bertz CT molecular complexity index is 303. The van der Waals surface area contributed by atoms with Crippen LogP contribution in [0.4, 0.5) is 0 Å². The summed E-state index contributed by atoms with van der Waals surface area (Å²) in [5.41, 5.74) is 5.72. The summed E-state index contributed by atoms with van der Waals surface area (Å²) < 4.78 is 0. The molecule has 1 saturated heterocycles. The van der Waals surface area contributed by atoms with Crippen LogP contribution in [-0.4, -0.2) is 24.0 Å². The fraction of sp³-hybridized carbons (Fsp3) is 0.600. The molecule has 1 unspecified atom stereocenters. The van der Waals surface area contributed by atoms with Gasteiger partial charge in [0, 0.05) is 24.0 Å². The normalized spacial score (nSPS) is 21.6. The van der Waals surface area contributed by atoms with E-state index in [9.17, 15) is 0 Å². The van der Waals surface area contributed by atoms with Gasteiger partial charge in [0.05, 0.1) is 5.02 Å². The van der Waals surface area contributed by atoms with Crippen molar-refractivity contribution in [3.8, 4) is 0 Å². The second kappa shape index (κ2) is 6.06. The molecule has 1 fully saturated rings. The molecule has 0 spiro atoms. The zero-order chi connectivity index (χ0) is 9.97. The van der Waals surface area contributed by atoms with E-state index in [0.717, 1.165) is 24.7 Å². The molecule has 15 heavy (non-hydrogen) atoms. The smallest absolute Gasteiger partial charge is 0.0558 e. The largest absolute Gasteiger partial charge is 0.329 e. The van der Waals surface area contributed by atoms with Gasteiger partial charge in [-0.15, -0.1) is 23.7 Å². The minimum atomic E-state index is 0. The van der Waals surface area contributed by atoms with Crippen molar-refractivity contribution in [3.05, 3.63) is 21.3 Å². The van der Waals surface area contributed by atoms with Crippen LogP contribution in [0.3, 0.4) is 0 Å². The molecule has 1 aliphatic heterocycles. The average Bonchev–Trinajstić information content (AvgIpc) is 2.77. The minimum Gasteiger partial charge on any atom is -0.329 e. The van der Waals surface area contributed by atoms with Crippen LogP contribution in [0.5, 0.6) is 0 Å². The molecule has 0 aromatic carbocycles. The van der Waals surface area contributed by atoms with Crippen LogP contribution in [0.25, 0.3) is 0 Å². The van der Waals surface area contributed by atoms with E-state index in [2.05, 4.69) is 4.90 Å². The van der Waals surface area contributed by atoms with E-state index in [4.69, 9.17) is 17.3 Å². The van der Waals surface area contributed by atoms with Gasteiger partial charge in [-0.2, -0.15) is 0 Å². The van der Waals surface area contributed by atoms with Gasteiger partial charge in [-0.25, -0.2) is 0 Å². The maximum Gasteiger partial charge on any atom is 0.0558 e. The van der Waals surface area contributed by atoms with Gasteiger partial charge in [-0.05, 0) is 30.8 Å². The molecule has 86 valence electrons. The quantitative estimate of drug-likeness (QED) is 0.912. The SMILES string of the molecule is Cl.NCC1CCCN1Cc1sccc1Cl. The van der Waals surface area contributed by atoms with Crippen LogP contribution in [0, 0.1) is 0 Å². The molecule has 2 nitrogen and oxygen atoms in total. The van der Waals surface area contributed by atoms with Gasteiger partial charge >= 0.3 is 0 Å². The van der Waals surface area contributed by atoms with Crippen molar-refractivity contribution < 1.29 is 0 Å². The highest BCUT2D eigenvalue weighted by atomic mass is 35.5. The van der Waals surface area contributed by atoms with Crippen LogP contribution < -0.4 is 5.73 Å². The molecule has 2 N–H and O–H groups in total. The van der Waals surface area contributed by atoms with Crippen molar-refractivity contribution in [2.75, 3.05) is 13.1 Å². The first-order valence-corrected chi connectivity index (χ1v) is 6.23. The number of halogens is 2. The van der Waals surface area contributed by atoms with Gasteiger partial charge in [-0.3, -0.25) is 4.90 Å². The molecule has 0 amide bonds. The van der Waals surface area contributed by atoms with Crippen molar-refractivity contribution in [3.63, 3.8) is 0 Å². The molecule has 2 rings (SSSR count). The fourth-order valence-electron chi connectivity index (χ4n) is 1.99. The topological polar surface area (TPSA) is 29.3 Å². The van der Waals surface area contributed by atoms with Gasteiger partial charge in [0.1, 0.15) is 0 Å². The van der Waals surface area contributed by atoms with Crippen LogP contribution in [-0.2, 0) is 6.54 Å².